The molecule has 0 bridgehead atoms. The minimum absolute atomic E-state index is 0.336. The van der Waals surface area contributed by atoms with E-state index < -0.39 is 0 Å². The van der Waals surface area contributed by atoms with Crippen molar-refractivity contribution in [1.29, 1.82) is 0 Å². The summed E-state index contributed by atoms with van der Waals surface area (Å²) in [5.74, 6) is 3.82. The van der Waals surface area contributed by atoms with Crippen molar-refractivity contribution in [2.75, 3.05) is 0 Å². The molecule has 80 heavy (non-hydrogen) atoms. The molecule has 0 fully saturated rings. The molecular formula is C72H50N8. The average Bonchev–Trinajstić information content (AvgIpc) is 3.95. The van der Waals surface area contributed by atoms with Gasteiger partial charge in [0, 0.05) is 65.8 Å². The van der Waals surface area contributed by atoms with E-state index in [0.29, 0.717) is 34.9 Å². The number of benzene rings is 10. The normalized spacial score (nSPS) is 13.7. The molecule has 4 aromatic heterocycles. The molecule has 0 saturated carbocycles. The molecule has 8 nitrogen and oxygen atoms in total. The van der Waals surface area contributed by atoms with E-state index in [1.54, 1.807) is 0 Å². The van der Waals surface area contributed by atoms with Crippen molar-refractivity contribution in [3.05, 3.63) is 253 Å². The molecule has 16 rings (SSSR count). The number of fused-ring (bicyclic) bond motifs is 10. The van der Waals surface area contributed by atoms with Crippen LogP contribution < -0.4 is 0 Å². The molecule has 0 N–H and O–H groups in total. The van der Waals surface area contributed by atoms with Crippen LogP contribution in [0.5, 0.6) is 0 Å². The van der Waals surface area contributed by atoms with Gasteiger partial charge >= 0.3 is 0 Å². The van der Waals surface area contributed by atoms with E-state index in [4.69, 9.17) is 29.9 Å². The fraction of sp³-hybridized carbons (Fsp3) is 0.0833. The standard InChI is InChI=1S/C72H50N8/c1-71(2)55-29-17-19-31-61(55)79-59-35-33-47(37-51(59)53-39-49(41-57(71)63(53)79)69-75-65(43-21-9-5-10-22-43)73-66(76-69)44-23-11-6-12-24-44)48-34-36-60-52(38-48)54-40-50(42-58-64(54)80(60)62-32-20-18-30-56(62)72(58,3)4)70-77-67(45-25-13-7-14-26-45)74-68(78-70)46-27-15-8-16-28-46/h5-42H,1-4H3. The highest BCUT2D eigenvalue weighted by Crippen LogP contribution is 2.52. The summed E-state index contributed by atoms with van der Waals surface area (Å²) in [4.78, 5) is 31.2. The van der Waals surface area contributed by atoms with Crippen LogP contribution in [0.15, 0.2) is 231 Å². The molecule has 0 atom stereocenters. The van der Waals surface area contributed by atoms with Gasteiger partial charge in [-0.15, -0.1) is 0 Å². The topological polar surface area (TPSA) is 87.2 Å². The highest BCUT2D eigenvalue weighted by atomic mass is 15.1. The zero-order chi connectivity index (χ0) is 53.4. The number of rotatable bonds is 7. The monoisotopic (exact) mass is 1030 g/mol. The fourth-order valence-electron chi connectivity index (χ4n) is 12.9. The molecule has 6 heterocycles. The van der Waals surface area contributed by atoms with Gasteiger partial charge in [-0.25, -0.2) is 29.9 Å². The first kappa shape index (κ1) is 46.0. The molecule has 0 spiro atoms. The Morgan fingerprint density at radius 1 is 0.250 bits per heavy atom. The molecule has 0 unspecified atom stereocenters. The molecule has 0 radical (unpaired) electrons. The Bertz CT molecular complexity index is 4440. The zero-order valence-corrected chi connectivity index (χ0v) is 44.5. The lowest BCUT2D eigenvalue weighted by Gasteiger charge is -2.35. The third-order valence-electron chi connectivity index (χ3n) is 17.0. The van der Waals surface area contributed by atoms with Crippen LogP contribution in [0.1, 0.15) is 49.9 Å². The van der Waals surface area contributed by atoms with Gasteiger partial charge in [0.1, 0.15) is 0 Å². The molecule has 0 aliphatic carbocycles. The number of nitrogens with zero attached hydrogens (tertiary/aromatic N) is 8. The van der Waals surface area contributed by atoms with Crippen LogP contribution in [0.25, 0.3) is 134 Å². The van der Waals surface area contributed by atoms with Gasteiger partial charge in [-0.3, -0.25) is 0 Å². The molecule has 2 aliphatic rings. The summed E-state index contributed by atoms with van der Waals surface area (Å²) in [5, 5.41) is 4.62. The van der Waals surface area contributed by atoms with E-state index in [1.165, 1.54) is 44.7 Å². The Balaban J connectivity index is 0.929. The third-order valence-corrected chi connectivity index (χ3v) is 17.0. The quantitative estimate of drug-likeness (QED) is 0.158. The van der Waals surface area contributed by atoms with E-state index >= 15 is 0 Å². The van der Waals surface area contributed by atoms with Crippen LogP contribution in [0.4, 0.5) is 0 Å². The summed E-state index contributed by atoms with van der Waals surface area (Å²) >= 11 is 0. The van der Waals surface area contributed by atoms with E-state index in [0.717, 1.165) is 77.1 Å². The zero-order valence-electron chi connectivity index (χ0n) is 44.5. The maximum absolute atomic E-state index is 5.26. The maximum Gasteiger partial charge on any atom is 0.164 e. The second-order valence-corrected chi connectivity index (χ2v) is 22.3. The first-order chi connectivity index (χ1) is 39.2. The summed E-state index contributed by atoms with van der Waals surface area (Å²) in [6.45, 7) is 9.39. The Morgan fingerprint density at radius 2 is 0.537 bits per heavy atom. The number of para-hydroxylation sites is 2. The van der Waals surface area contributed by atoms with E-state index in [-0.39, 0.29) is 10.8 Å². The van der Waals surface area contributed by atoms with E-state index in [1.807, 2.05) is 72.8 Å². The lowest BCUT2D eigenvalue weighted by Crippen LogP contribution is -2.26. The van der Waals surface area contributed by atoms with Crippen LogP contribution in [0.3, 0.4) is 0 Å². The molecular weight excluding hydrogens is 977 g/mol. The largest absolute Gasteiger partial charge is 0.309 e. The number of hydrogen-bond acceptors (Lipinski definition) is 6. The summed E-state index contributed by atoms with van der Waals surface area (Å²) in [5.41, 5.74) is 19.3. The molecule has 10 aromatic carbocycles. The molecule has 2 aliphatic heterocycles. The number of hydrogen-bond donors (Lipinski definition) is 0. The highest BCUT2D eigenvalue weighted by molar-refractivity contribution is 6.16. The van der Waals surface area contributed by atoms with Crippen molar-refractivity contribution in [2.45, 2.75) is 38.5 Å². The average molecular weight is 1030 g/mol. The fourth-order valence-corrected chi connectivity index (χ4v) is 12.9. The second kappa shape index (κ2) is 17.2. The minimum atomic E-state index is -0.336. The third kappa shape index (κ3) is 6.88. The molecule has 8 heteroatoms. The highest BCUT2D eigenvalue weighted by Gasteiger charge is 2.38. The predicted octanol–water partition coefficient (Wildman–Crippen LogP) is 17.2. The Morgan fingerprint density at radius 3 is 0.875 bits per heavy atom. The first-order valence-corrected chi connectivity index (χ1v) is 27.4. The summed E-state index contributed by atoms with van der Waals surface area (Å²) in [7, 11) is 0. The van der Waals surface area contributed by atoms with Crippen LogP contribution >= 0.6 is 0 Å². The van der Waals surface area contributed by atoms with Crippen molar-refractivity contribution >= 4 is 43.6 Å². The second-order valence-electron chi connectivity index (χ2n) is 22.3. The van der Waals surface area contributed by atoms with Gasteiger partial charge < -0.3 is 9.13 Å². The van der Waals surface area contributed by atoms with Crippen LogP contribution in [-0.2, 0) is 10.8 Å². The van der Waals surface area contributed by atoms with Crippen molar-refractivity contribution in [1.82, 2.24) is 39.0 Å². The molecule has 0 saturated heterocycles. The Kier molecular flexibility index (Phi) is 9.86. The minimum Gasteiger partial charge on any atom is -0.309 e. The van der Waals surface area contributed by atoms with Crippen molar-refractivity contribution < 1.29 is 0 Å². The predicted molar refractivity (Wildman–Crippen MR) is 324 cm³/mol. The van der Waals surface area contributed by atoms with Gasteiger partial charge in [0.15, 0.2) is 34.9 Å². The lowest BCUT2D eigenvalue weighted by atomic mass is 9.74. The summed E-state index contributed by atoms with van der Waals surface area (Å²) < 4.78 is 4.96. The summed E-state index contributed by atoms with van der Waals surface area (Å²) in [6, 6.07) is 81.9. The van der Waals surface area contributed by atoms with Gasteiger partial charge in [-0.1, -0.05) is 198 Å². The maximum atomic E-state index is 5.26. The molecule has 14 aromatic rings. The Labute approximate surface area is 462 Å². The Hall–Kier alpha value is -10.2. The smallest absolute Gasteiger partial charge is 0.164 e. The van der Waals surface area contributed by atoms with Crippen molar-refractivity contribution in [2.24, 2.45) is 0 Å². The summed E-state index contributed by atoms with van der Waals surface area (Å²) in [6.07, 6.45) is 0. The van der Waals surface area contributed by atoms with E-state index in [2.05, 4.69) is 195 Å². The van der Waals surface area contributed by atoms with Gasteiger partial charge in [0.25, 0.3) is 0 Å². The van der Waals surface area contributed by atoms with Crippen LogP contribution in [0.2, 0.25) is 0 Å². The van der Waals surface area contributed by atoms with Crippen LogP contribution in [-0.4, -0.2) is 39.0 Å². The van der Waals surface area contributed by atoms with Crippen LogP contribution in [0, 0.1) is 0 Å². The van der Waals surface area contributed by atoms with Crippen molar-refractivity contribution in [3.8, 4) is 90.8 Å². The van der Waals surface area contributed by atoms with Gasteiger partial charge in [0.05, 0.1) is 33.4 Å². The lowest BCUT2D eigenvalue weighted by molar-refractivity contribution is 0.630. The first-order valence-electron chi connectivity index (χ1n) is 27.4. The van der Waals surface area contributed by atoms with Gasteiger partial charge in [-0.2, -0.15) is 0 Å². The van der Waals surface area contributed by atoms with Gasteiger partial charge in [-0.05, 0) is 94.0 Å². The molecule has 0 amide bonds. The van der Waals surface area contributed by atoms with Gasteiger partial charge in [0.2, 0.25) is 0 Å². The molecule has 378 valence electrons. The van der Waals surface area contributed by atoms with Crippen molar-refractivity contribution in [3.63, 3.8) is 0 Å². The number of aromatic nitrogens is 8. The van der Waals surface area contributed by atoms with E-state index in [9.17, 15) is 0 Å². The SMILES string of the molecule is CC1(C)c2ccccc2-n2c3ccc(-c4ccc5c(c4)c4cc(-c6nc(-c7ccccc7)nc(-c7ccccc7)n6)cc6c4n5-c4ccccc4C6(C)C)cc3c3cc(-c4nc(-c5ccccc5)nc(-c5ccccc5)n4)cc1c32.